The molecular weight excluding hydrogens is 230 g/mol. The number of benzene rings is 1. The molecule has 0 spiro atoms. The number of nitrogens with zero attached hydrogens (tertiary/aromatic N) is 1. The molecule has 3 aromatic rings. The quantitative estimate of drug-likeness (QED) is 0.625. The van der Waals surface area contributed by atoms with Crippen LogP contribution in [0.1, 0.15) is 10.4 Å². The summed E-state index contributed by atoms with van der Waals surface area (Å²) in [4.78, 5) is 29.7. The Morgan fingerprint density at radius 3 is 2.89 bits per heavy atom. The molecule has 0 atom stereocenters. The fraction of sp³-hybridized carbons (Fsp3) is 0. The van der Waals surface area contributed by atoms with Gasteiger partial charge < -0.3 is 10.7 Å². The Bertz CT molecular complexity index is 836. The van der Waals surface area contributed by atoms with Crippen molar-refractivity contribution in [3.05, 3.63) is 52.4 Å². The molecule has 0 unspecified atom stereocenters. The number of nitrogens with one attached hydrogen (secondary N) is 1. The van der Waals surface area contributed by atoms with Gasteiger partial charge in [0.15, 0.2) is 0 Å². The zero-order valence-electron chi connectivity index (χ0n) is 9.31. The maximum atomic E-state index is 11.6. The van der Waals surface area contributed by atoms with E-state index in [0.717, 1.165) is 10.9 Å². The van der Waals surface area contributed by atoms with Gasteiger partial charge in [0.05, 0.1) is 11.0 Å². The van der Waals surface area contributed by atoms with Gasteiger partial charge in [-0.25, -0.2) is 0 Å². The van der Waals surface area contributed by atoms with Crippen LogP contribution in [0.3, 0.4) is 0 Å². The summed E-state index contributed by atoms with van der Waals surface area (Å²) in [5, 5.41) is 1.65. The van der Waals surface area contributed by atoms with Gasteiger partial charge in [-0.05, 0) is 18.2 Å². The number of aromatic amines is 1. The smallest absolute Gasteiger partial charge is 0.261 e. The Kier molecular flexibility index (Phi) is 2.13. The van der Waals surface area contributed by atoms with Gasteiger partial charge in [-0.1, -0.05) is 12.1 Å². The fourth-order valence-corrected chi connectivity index (χ4v) is 2.01. The summed E-state index contributed by atoms with van der Waals surface area (Å²) in [5.74, 6) is -0.744. The number of nitrogens with two attached hydrogens (primary N) is 1. The van der Waals surface area contributed by atoms with Crippen molar-refractivity contribution < 1.29 is 4.79 Å². The van der Waals surface area contributed by atoms with E-state index in [2.05, 4.69) is 9.97 Å². The highest BCUT2D eigenvalue weighted by molar-refractivity contribution is 6.06. The molecule has 1 aromatic carbocycles. The molecule has 5 heteroatoms. The zero-order chi connectivity index (χ0) is 12.7. The van der Waals surface area contributed by atoms with E-state index in [1.807, 2.05) is 18.2 Å². The van der Waals surface area contributed by atoms with Crippen molar-refractivity contribution in [3.63, 3.8) is 0 Å². The Morgan fingerprint density at radius 1 is 1.28 bits per heavy atom. The summed E-state index contributed by atoms with van der Waals surface area (Å²) in [6.07, 6.45) is 1.66. The molecule has 0 aliphatic rings. The first-order valence-corrected chi connectivity index (χ1v) is 5.37. The molecule has 0 fully saturated rings. The summed E-state index contributed by atoms with van der Waals surface area (Å²) in [6, 6.07) is 8.88. The molecule has 0 bridgehead atoms. The van der Waals surface area contributed by atoms with E-state index in [0.29, 0.717) is 10.9 Å². The van der Waals surface area contributed by atoms with E-state index in [9.17, 15) is 9.59 Å². The molecule has 1 amide bonds. The van der Waals surface area contributed by atoms with Crippen LogP contribution >= 0.6 is 0 Å². The normalized spacial score (nSPS) is 10.9. The molecule has 2 aromatic heterocycles. The Morgan fingerprint density at radius 2 is 2.11 bits per heavy atom. The first kappa shape index (κ1) is 10.5. The summed E-state index contributed by atoms with van der Waals surface area (Å²) in [5.41, 5.74) is 6.00. The second-order valence-electron chi connectivity index (χ2n) is 3.98. The summed E-state index contributed by atoms with van der Waals surface area (Å²) >= 11 is 0. The zero-order valence-corrected chi connectivity index (χ0v) is 9.31. The van der Waals surface area contributed by atoms with E-state index in [1.165, 1.54) is 6.07 Å². The maximum Gasteiger partial charge on any atom is 0.261 e. The van der Waals surface area contributed by atoms with Gasteiger partial charge >= 0.3 is 0 Å². The van der Waals surface area contributed by atoms with Crippen molar-refractivity contribution in [1.82, 2.24) is 9.97 Å². The number of fused-ring (bicyclic) bond motifs is 3. The summed E-state index contributed by atoms with van der Waals surface area (Å²) in [6.45, 7) is 0. The van der Waals surface area contributed by atoms with Crippen LogP contribution in [0.25, 0.3) is 21.8 Å². The average molecular weight is 239 g/mol. The Labute approximate surface area is 101 Å². The minimum absolute atomic E-state index is 0.0550. The highest BCUT2D eigenvalue weighted by Crippen LogP contribution is 2.21. The Balaban J connectivity index is 2.53. The number of pyridine rings is 2. The van der Waals surface area contributed by atoms with Crippen LogP contribution in [-0.4, -0.2) is 15.9 Å². The van der Waals surface area contributed by atoms with Gasteiger partial charge in [-0.2, -0.15) is 0 Å². The van der Waals surface area contributed by atoms with Crippen LogP contribution in [0.2, 0.25) is 0 Å². The molecule has 5 nitrogen and oxygen atoms in total. The second-order valence-corrected chi connectivity index (χ2v) is 3.98. The molecular formula is C13H9N3O2. The maximum absolute atomic E-state index is 11.6. The number of amides is 1. The van der Waals surface area contributed by atoms with Gasteiger partial charge in [-0.15, -0.1) is 0 Å². The third-order valence-corrected chi connectivity index (χ3v) is 2.86. The highest BCUT2D eigenvalue weighted by Gasteiger charge is 2.10. The molecule has 88 valence electrons. The molecule has 0 aliphatic carbocycles. The second kappa shape index (κ2) is 3.66. The number of primary amides is 1. The first-order chi connectivity index (χ1) is 8.66. The first-order valence-electron chi connectivity index (χ1n) is 5.37. The fourth-order valence-electron chi connectivity index (χ4n) is 2.01. The molecule has 3 rings (SSSR count). The van der Waals surface area contributed by atoms with Gasteiger partial charge in [0.1, 0.15) is 5.56 Å². The largest absolute Gasteiger partial charge is 0.365 e. The number of H-pyrrole nitrogens is 1. The molecule has 0 aliphatic heterocycles. The number of carbonyl (C=O) groups excluding carboxylic acids is 1. The number of aromatic nitrogens is 2. The van der Waals surface area contributed by atoms with Gasteiger partial charge in [0, 0.05) is 17.0 Å². The van der Waals surface area contributed by atoms with Crippen LogP contribution in [0.4, 0.5) is 0 Å². The lowest BCUT2D eigenvalue weighted by Gasteiger charge is -2.03. The van der Waals surface area contributed by atoms with Crippen LogP contribution < -0.4 is 11.3 Å². The van der Waals surface area contributed by atoms with Crippen molar-refractivity contribution in [1.29, 1.82) is 0 Å². The third kappa shape index (κ3) is 1.45. The van der Waals surface area contributed by atoms with Gasteiger partial charge in [0.2, 0.25) is 0 Å². The lowest BCUT2D eigenvalue weighted by atomic mass is 10.1. The van der Waals surface area contributed by atoms with E-state index < -0.39 is 11.5 Å². The van der Waals surface area contributed by atoms with Crippen LogP contribution in [0.15, 0.2) is 41.3 Å². The topological polar surface area (TPSA) is 88.8 Å². The molecule has 0 saturated carbocycles. The minimum atomic E-state index is -0.744. The molecule has 0 saturated heterocycles. The average Bonchev–Trinajstić information content (AvgIpc) is 2.37. The lowest BCUT2D eigenvalue weighted by Crippen LogP contribution is -2.23. The van der Waals surface area contributed by atoms with E-state index >= 15 is 0 Å². The number of hydrogen-bond donors (Lipinski definition) is 2. The molecule has 3 N–H and O–H groups in total. The van der Waals surface area contributed by atoms with Crippen molar-refractivity contribution in [2.45, 2.75) is 0 Å². The third-order valence-electron chi connectivity index (χ3n) is 2.86. The van der Waals surface area contributed by atoms with Crippen LogP contribution in [0.5, 0.6) is 0 Å². The molecule has 2 heterocycles. The van der Waals surface area contributed by atoms with E-state index in [1.54, 1.807) is 12.3 Å². The van der Waals surface area contributed by atoms with Gasteiger partial charge in [-0.3, -0.25) is 14.6 Å². The predicted molar refractivity (Wildman–Crippen MR) is 68.4 cm³/mol. The van der Waals surface area contributed by atoms with Crippen LogP contribution in [-0.2, 0) is 0 Å². The van der Waals surface area contributed by atoms with Crippen molar-refractivity contribution in [2.75, 3.05) is 0 Å². The van der Waals surface area contributed by atoms with Crippen LogP contribution in [0, 0.1) is 0 Å². The lowest BCUT2D eigenvalue weighted by molar-refractivity contribution is 0.0999. The van der Waals surface area contributed by atoms with Crippen molar-refractivity contribution >= 4 is 27.7 Å². The van der Waals surface area contributed by atoms with E-state index in [-0.39, 0.29) is 5.56 Å². The number of carbonyl (C=O) groups is 1. The Hall–Kier alpha value is -2.69. The van der Waals surface area contributed by atoms with Crippen molar-refractivity contribution in [2.24, 2.45) is 5.73 Å². The predicted octanol–water partition coefficient (Wildman–Crippen LogP) is 1.18. The van der Waals surface area contributed by atoms with E-state index in [4.69, 9.17) is 5.73 Å². The number of rotatable bonds is 1. The van der Waals surface area contributed by atoms with Gasteiger partial charge in [0.25, 0.3) is 11.5 Å². The molecule has 0 radical (unpaired) electrons. The van der Waals surface area contributed by atoms with Crippen molar-refractivity contribution in [3.8, 4) is 0 Å². The summed E-state index contributed by atoms with van der Waals surface area (Å²) < 4.78 is 0. The number of hydrogen-bond acceptors (Lipinski definition) is 3. The molecule has 18 heavy (non-hydrogen) atoms. The monoisotopic (exact) mass is 239 g/mol. The minimum Gasteiger partial charge on any atom is -0.365 e. The highest BCUT2D eigenvalue weighted by atomic mass is 16.2. The SMILES string of the molecule is NC(=O)c1cc2c(ccc3cccnc32)[nH]c1=O. The standard InChI is InChI=1S/C13H9N3O2/c14-12(17)9-6-8-10(16-13(9)18)4-3-7-2-1-5-15-11(7)8/h1-6H,(H2,14,17)(H,16,18). The summed E-state index contributed by atoms with van der Waals surface area (Å²) in [7, 11) is 0.